The number of alkyl halides is 4. The highest BCUT2D eigenvalue weighted by atomic mass is 35.5. The second-order valence-corrected chi connectivity index (χ2v) is 33.0. The first-order valence-corrected chi connectivity index (χ1v) is 39.5. The van der Waals surface area contributed by atoms with Crippen LogP contribution >= 0.6 is 11.6 Å². The largest absolute Gasteiger partial charge is 0.391 e. The molecule has 3 aliphatic heterocycles. The Morgan fingerprint density at radius 3 is 1.87 bits per heavy atom. The van der Waals surface area contributed by atoms with Crippen molar-refractivity contribution in [3.05, 3.63) is 12.2 Å². The fourth-order valence-corrected chi connectivity index (χ4v) is 17.9. The average molecular weight is 1520 g/mol. The lowest BCUT2D eigenvalue weighted by molar-refractivity contribution is -0.184. The second-order valence-electron chi connectivity index (χ2n) is 32.4. The minimum Gasteiger partial charge on any atom is -0.377 e. The molecular formula is C77H126ClF3N12O13. The van der Waals surface area contributed by atoms with E-state index in [-0.39, 0.29) is 108 Å². The summed E-state index contributed by atoms with van der Waals surface area (Å²) in [6.07, 6.45) is 3.37. The Labute approximate surface area is 632 Å². The molecule has 3 unspecified atom stereocenters. The number of fused-ring (bicyclic) bond motifs is 3. The number of halogens is 4. The lowest BCUT2D eigenvalue weighted by atomic mass is 9.58. The molecule has 2 bridgehead atoms. The van der Waals surface area contributed by atoms with Crippen LogP contribution in [0, 0.1) is 40.9 Å². The number of carbonyl (C=O) groups excluding carboxylic acids is 12. The molecule has 5 fully saturated rings. The summed E-state index contributed by atoms with van der Waals surface area (Å²) in [5.41, 5.74) is -2.14. The molecule has 6 aliphatic rings. The Morgan fingerprint density at radius 2 is 1.30 bits per heavy atom. The van der Waals surface area contributed by atoms with E-state index in [2.05, 4.69) is 22.9 Å². The minimum absolute atomic E-state index is 0.00482. The van der Waals surface area contributed by atoms with Crippen molar-refractivity contribution in [3.63, 3.8) is 0 Å². The van der Waals surface area contributed by atoms with Gasteiger partial charge in [0, 0.05) is 87.9 Å². The van der Waals surface area contributed by atoms with E-state index in [1.807, 2.05) is 34.6 Å². The summed E-state index contributed by atoms with van der Waals surface area (Å²) in [6.45, 7) is 15.7. The Hall–Kier alpha value is -6.58. The maximum Gasteiger partial charge on any atom is 0.391 e. The molecule has 0 aromatic carbocycles. The van der Waals surface area contributed by atoms with Gasteiger partial charge in [0.2, 0.25) is 70.9 Å². The van der Waals surface area contributed by atoms with Gasteiger partial charge in [0.15, 0.2) is 0 Å². The smallest absolute Gasteiger partial charge is 0.377 e. The number of likely N-dealkylation sites (N-methyl/N-ethyl adjacent to an activating group) is 7. The molecule has 2 saturated heterocycles. The number of carbonyl (C=O) groups is 12. The predicted octanol–water partition coefficient (Wildman–Crippen LogP) is 7.16. The minimum atomic E-state index is -4.44. The summed E-state index contributed by atoms with van der Waals surface area (Å²) in [6, 6.07) is -10.3. The number of nitrogens with one attached hydrogen (secondary N) is 3. The van der Waals surface area contributed by atoms with Crippen LogP contribution in [0.3, 0.4) is 0 Å². The SMILES string of the molecule is CCC[C@H]1C(=O)N[C@@H]([C@@H](C)CC)C(=O)N(C)CC(=O)N(C)[C@H]2C/C=C\CCN(C2=O)[C@@H](CC2CCC(C(F)(F)F)CC2)C(=O)N(C)CC(=O)N[C@@H](CCC2CCC(CC)C(Cl)C2)C(=O)N2C[C@H](OCC)C[C@H]2C(=O)NC2(CC(C)(C)C2)C(=O)N(C)[C@@H](C(CC)CC)C(=O)N(C)[C@H](C(=O)N(C)C)CC(=O)N1C. The van der Waals surface area contributed by atoms with Gasteiger partial charge >= 0.3 is 6.18 Å². The van der Waals surface area contributed by atoms with Crippen molar-refractivity contribution in [1.82, 2.24) is 60.0 Å². The molecule has 29 heteroatoms. The summed E-state index contributed by atoms with van der Waals surface area (Å²) >= 11 is 6.97. The van der Waals surface area contributed by atoms with E-state index < -0.39 is 186 Å². The van der Waals surface area contributed by atoms with Crippen molar-refractivity contribution in [2.24, 2.45) is 40.9 Å². The zero-order valence-corrected chi connectivity index (χ0v) is 67.1. The number of hydrogen-bond acceptors (Lipinski definition) is 13. The first-order chi connectivity index (χ1) is 49.7. The molecule has 1 spiro atoms. The van der Waals surface area contributed by atoms with Crippen LogP contribution in [0.15, 0.2) is 12.2 Å². The molecule has 106 heavy (non-hydrogen) atoms. The van der Waals surface area contributed by atoms with E-state index in [9.17, 15) is 41.9 Å². The standard InChI is InChI=1S/C77H126ClF3N12O13/c1-18-27-56-66(97)83-64(47(7)19-2)72(103)87(13)44-63(96)89(15)57-28-25-24-26-37-92(71(57)102)60(39-49-30-34-52(35-31-49)77(79,80)81)70(101)86(12)43-61(94)82-55(36-32-48-29-33-51(22-5)54(78)38-48)68(99)93-42-53(106-23-6)40-58(93)67(98)84-76(45-75(8,9)46-76)74(105)91(17)65(50(20-3)21-4)73(104)90(16)59(69(100)85(10)11)41-62(95)88(56)14/h24-25,47-60,64-65H,18-23,26-46H2,1-17H3,(H,82,94)(H,83,97)(H,84,98)/b25-24-/t47-,48?,49?,51?,52?,53+,54?,55-,56-,57-,58-,59-,60-,64-,65-/m0/s1. The van der Waals surface area contributed by atoms with Crippen LogP contribution in [0.5, 0.6) is 0 Å². The van der Waals surface area contributed by atoms with Gasteiger partial charge in [-0.05, 0) is 132 Å². The monoisotopic (exact) mass is 1520 g/mol. The Morgan fingerprint density at radius 1 is 0.670 bits per heavy atom. The van der Waals surface area contributed by atoms with Crippen LogP contribution < -0.4 is 16.0 Å². The molecule has 12 amide bonds. The van der Waals surface area contributed by atoms with Crippen LogP contribution in [0.1, 0.15) is 204 Å². The van der Waals surface area contributed by atoms with Gasteiger partial charge in [-0.25, -0.2) is 0 Å². The molecule has 6 rings (SSSR count). The molecule has 3 aliphatic carbocycles. The number of amides is 12. The lowest BCUT2D eigenvalue weighted by Gasteiger charge is -2.54. The van der Waals surface area contributed by atoms with Gasteiger partial charge in [0.1, 0.15) is 53.9 Å². The van der Waals surface area contributed by atoms with Crippen molar-refractivity contribution in [1.29, 1.82) is 0 Å². The van der Waals surface area contributed by atoms with Crippen LogP contribution in [0.2, 0.25) is 0 Å². The van der Waals surface area contributed by atoms with Crippen LogP contribution in [-0.4, -0.2) is 276 Å². The fourth-order valence-electron chi connectivity index (χ4n) is 17.4. The fraction of sp³-hybridized carbons (Fsp3) is 0.818. The van der Waals surface area contributed by atoms with Crippen molar-refractivity contribution < 1.29 is 75.4 Å². The van der Waals surface area contributed by atoms with E-state index in [1.165, 1.54) is 90.7 Å². The normalized spacial score (nSPS) is 31.1. The summed E-state index contributed by atoms with van der Waals surface area (Å²) < 4.78 is 48.6. The molecular weight excluding hydrogens is 1390 g/mol. The maximum absolute atomic E-state index is 15.8. The molecule has 0 aromatic heterocycles. The van der Waals surface area contributed by atoms with E-state index in [1.54, 1.807) is 32.9 Å². The maximum atomic E-state index is 15.8. The Balaban J connectivity index is 1.49. The van der Waals surface area contributed by atoms with Gasteiger partial charge in [-0.2, -0.15) is 13.2 Å². The second kappa shape index (κ2) is 38.7. The van der Waals surface area contributed by atoms with Gasteiger partial charge < -0.3 is 64.8 Å². The first-order valence-electron chi connectivity index (χ1n) is 39.0. The topological polar surface area (TPSA) is 279 Å². The third-order valence-corrected chi connectivity index (χ3v) is 24.6. The Kier molecular flexibility index (Phi) is 32.2. The first kappa shape index (κ1) is 88.3. The molecule has 25 nitrogen and oxygen atoms in total. The highest BCUT2D eigenvalue weighted by Gasteiger charge is 2.59. The summed E-state index contributed by atoms with van der Waals surface area (Å²) in [7, 11) is 11.4. The van der Waals surface area contributed by atoms with Gasteiger partial charge in [-0.1, -0.05) is 106 Å². The van der Waals surface area contributed by atoms with Crippen molar-refractivity contribution >= 4 is 82.5 Å². The van der Waals surface area contributed by atoms with Gasteiger partial charge in [-0.3, -0.25) is 57.5 Å². The van der Waals surface area contributed by atoms with E-state index in [0.717, 1.165) is 29.1 Å². The highest BCUT2D eigenvalue weighted by molar-refractivity contribution is 6.20. The zero-order chi connectivity index (χ0) is 79.2. The van der Waals surface area contributed by atoms with Crippen molar-refractivity contribution in [2.45, 2.75) is 275 Å². The molecule has 600 valence electrons. The van der Waals surface area contributed by atoms with Gasteiger partial charge in [-0.15, -0.1) is 11.6 Å². The van der Waals surface area contributed by atoms with Crippen LogP contribution in [-0.2, 0) is 62.3 Å². The van der Waals surface area contributed by atoms with Gasteiger partial charge in [0.05, 0.1) is 31.5 Å². The van der Waals surface area contributed by atoms with Crippen molar-refractivity contribution in [3.8, 4) is 0 Å². The quantitative estimate of drug-likeness (QED) is 0.102. The van der Waals surface area contributed by atoms with E-state index in [4.69, 9.17) is 16.3 Å². The number of rotatable bonds is 16. The average Bonchev–Trinajstić information content (AvgIpc) is 0.898. The number of hydrogen-bond donors (Lipinski definition) is 3. The summed E-state index contributed by atoms with van der Waals surface area (Å²) in [4.78, 5) is 193. The molecule has 3 saturated carbocycles. The molecule has 0 aromatic rings. The summed E-state index contributed by atoms with van der Waals surface area (Å²) in [5, 5.41) is 8.80. The van der Waals surface area contributed by atoms with Gasteiger partial charge in [0.25, 0.3) is 0 Å². The van der Waals surface area contributed by atoms with E-state index in [0.29, 0.717) is 44.4 Å². The Bertz CT molecular complexity index is 3120. The lowest BCUT2D eigenvalue weighted by Crippen LogP contribution is -2.71. The van der Waals surface area contributed by atoms with Crippen LogP contribution in [0.4, 0.5) is 13.2 Å². The highest BCUT2D eigenvalue weighted by Crippen LogP contribution is 2.50. The number of ether oxygens (including phenoxy) is 1. The molecule has 3 N–H and O–H groups in total. The summed E-state index contributed by atoms with van der Waals surface area (Å²) in [5.74, 6) is -10.8. The molecule has 13 atom stereocenters. The zero-order valence-electron chi connectivity index (χ0n) is 66.3. The predicted molar refractivity (Wildman–Crippen MR) is 397 cm³/mol. The third kappa shape index (κ3) is 21.7. The van der Waals surface area contributed by atoms with Crippen molar-refractivity contribution in [2.75, 3.05) is 89.2 Å². The number of nitrogens with zero attached hydrogens (tertiary/aromatic N) is 9. The van der Waals surface area contributed by atoms with Crippen LogP contribution in [0.25, 0.3) is 0 Å². The third-order valence-electron chi connectivity index (χ3n) is 24.0. The molecule has 0 radical (unpaired) electrons. The van der Waals surface area contributed by atoms with E-state index >= 15 is 28.8 Å². The molecule has 3 heterocycles.